The maximum absolute atomic E-state index is 13.0. The maximum Gasteiger partial charge on any atom is 0.142 e. The molecule has 82 valence electrons. The summed E-state index contributed by atoms with van der Waals surface area (Å²) in [4.78, 5) is 9.63. The Morgan fingerprint density at radius 1 is 1.38 bits per heavy atom. The zero-order valence-corrected chi connectivity index (χ0v) is 9.35. The molecule has 0 saturated heterocycles. The Balaban J connectivity index is 2.03. The number of hydrogen-bond acceptors (Lipinski definition) is 4. The van der Waals surface area contributed by atoms with Crippen molar-refractivity contribution in [1.82, 2.24) is 15.3 Å². The predicted molar refractivity (Wildman–Crippen MR) is 60.7 cm³/mol. The van der Waals surface area contributed by atoms with Crippen molar-refractivity contribution in [2.75, 3.05) is 6.54 Å². The molecule has 0 spiro atoms. The van der Waals surface area contributed by atoms with Gasteiger partial charge in [-0.05, 0) is 6.07 Å². The molecule has 0 radical (unpaired) electrons. The summed E-state index contributed by atoms with van der Waals surface area (Å²) in [5.41, 5.74) is 1.91. The summed E-state index contributed by atoms with van der Waals surface area (Å²) in [6.07, 6.45) is 3.81. The van der Waals surface area contributed by atoms with Gasteiger partial charge < -0.3 is 5.32 Å². The minimum Gasteiger partial charge on any atom is -0.311 e. The van der Waals surface area contributed by atoms with E-state index in [0.717, 1.165) is 35.8 Å². The van der Waals surface area contributed by atoms with Gasteiger partial charge in [-0.2, -0.15) is 0 Å². The number of rotatable bonds is 1. The van der Waals surface area contributed by atoms with E-state index < -0.39 is 0 Å². The van der Waals surface area contributed by atoms with E-state index >= 15 is 0 Å². The van der Waals surface area contributed by atoms with Crippen LogP contribution in [0.4, 0.5) is 4.39 Å². The van der Waals surface area contributed by atoms with Crippen LogP contribution in [0.15, 0.2) is 18.5 Å². The molecule has 0 bridgehead atoms. The summed E-state index contributed by atoms with van der Waals surface area (Å²) >= 11 is 1.62. The Morgan fingerprint density at radius 2 is 2.31 bits per heavy atom. The molecule has 0 aliphatic carbocycles. The van der Waals surface area contributed by atoms with Gasteiger partial charge in [-0.25, -0.2) is 9.37 Å². The Kier molecular flexibility index (Phi) is 2.41. The Labute approximate surface area is 96.4 Å². The molecule has 16 heavy (non-hydrogen) atoms. The number of aromatic nitrogens is 2. The lowest BCUT2D eigenvalue weighted by molar-refractivity contribution is 0.622. The summed E-state index contributed by atoms with van der Waals surface area (Å²) in [7, 11) is 0. The van der Waals surface area contributed by atoms with Crippen LogP contribution in [-0.4, -0.2) is 16.5 Å². The van der Waals surface area contributed by atoms with Crippen molar-refractivity contribution in [3.05, 3.63) is 34.8 Å². The van der Waals surface area contributed by atoms with Gasteiger partial charge in [0, 0.05) is 36.1 Å². The largest absolute Gasteiger partial charge is 0.311 e. The van der Waals surface area contributed by atoms with Crippen LogP contribution in [0.2, 0.25) is 0 Å². The lowest BCUT2D eigenvalue weighted by Gasteiger charge is -2.09. The van der Waals surface area contributed by atoms with Gasteiger partial charge in [0.25, 0.3) is 0 Å². The molecule has 2 aromatic rings. The number of nitrogens with zero attached hydrogens (tertiary/aromatic N) is 2. The van der Waals surface area contributed by atoms with E-state index in [1.807, 2.05) is 0 Å². The van der Waals surface area contributed by atoms with Crippen molar-refractivity contribution in [3.63, 3.8) is 0 Å². The van der Waals surface area contributed by atoms with Gasteiger partial charge >= 0.3 is 0 Å². The first-order valence-corrected chi connectivity index (χ1v) is 5.95. The minimum atomic E-state index is -0.316. The van der Waals surface area contributed by atoms with Gasteiger partial charge in [-0.3, -0.25) is 4.98 Å². The van der Waals surface area contributed by atoms with Crippen LogP contribution < -0.4 is 5.32 Å². The quantitative estimate of drug-likeness (QED) is 0.821. The summed E-state index contributed by atoms with van der Waals surface area (Å²) in [5, 5.41) is 4.16. The van der Waals surface area contributed by atoms with Crippen LogP contribution in [0.1, 0.15) is 10.6 Å². The smallest absolute Gasteiger partial charge is 0.142 e. The van der Waals surface area contributed by atoms with Gasteiger partial charge in [0.1, 0.15) is 10.8 Å². The lowest BCUT2D eigenvalue weighted by Crippen LogP contribution is -2.22. The Bertz CT molecular complexity index is 500. The molecule has 3 heterocycles. The average molecular weight is 235 g/mol. The average Bonchev–Trinajstić information content (AvgIpc) is 2.72. The second-order valence-electron chi connectivity index (χ2n) is 3.71. The normalized spacial score (nSPS) is 14.8. The maximum atomic E-state index is 13.0. The van der Waals surface area contributed by atoms with Crippen molar-refractivity contribution in [2.45, 2.75) is 13.0 Å². The standard InChI is InChI=1S/C11H10FN3S/c12-8-3-7(4-14-5-8)11-15-9-1-2-13-6-10(9)16-11/h3-5,13H,1-2,6H2. The highest BCUT2D eigenvalue weighted by atomic mass is 32.1. The van der Waals surface area contributed by atoms with Gasteiger partial charge in [0.05, 0.1) is 11.9 Å². The third-order valence-electron chi connectivity index (χ3n) is 2.55. The first kappa shape index (κ1) is 9.86. The van der Waals surface area contributed by atoms with Crippen molar-refractivity contribution < 1.29 is 4.39 Å². The van der Waals surface area contributed by atoms with E-state index in [2.05, 4.69) is 15.3 Å². The molecule has 1 N–H and O–H groups in total. The molecule has 0 aromatic carbocycles. The fraction of sp³-hybridized carbons (Fsp3) is 0.273. The molecule has 1 aliphatic heterocycles. The number of thiazole rings is 1. The van der Waals surface area contributed by atoms with Crippen LogP contribution in [0, 0.1) is 5.82 Å². The van der Waals surface area contributed by atoms with Crippen LogP contribution in [0.3, 0.4) is 0 Å². The van der Waals surface area contributed by atoms with Crippen LogP contribution >= 0.6 is 11.3 Å². The highest BCUT2D eigenvalue weighted by Crippen LogP contribution is 2.29. The Morgan fingerprint density at radius 3 is 3.12 bits per heavy atom. The zero-order valence-electron chi connectivity index (χ0n) is 8.53. The van der Waals surface area contributed by atoms with E-state index in [4.69, 9.17) is 0 Å². The van der Waals surface area contributed by atoms with Crippen LogP contribution in [0.25, 0.3) is 10.6 Å². The topological polar surface area (TPSA) is 37.8 Å². The molecule has 0 amide bonds. The Hall–Kier alpha value is -1.33. The molecule has 3 rings (SSSR count). The fourth-order valence-corrected chi connectivity index (χ4v) is 2.84. The van der Waals surface area contributed by atoms with E-state index in [9.17, 15) is 4.39 Å². The summed E-state index contributed by atoms with van der Waals surface area (Å²) in [6.45, 7) is 1.84. The lowest BCUT2D eigenvalue weighted by atomic mass is 10.2. The molecule has 5 heteroatoms. The van der Waals surface area contributed by atoms with Crippen molar-refractivity contribution in [3.8, 4) is 10.6 Å². The monoisotopic (exact) mass is 235 g/mol. The zero-order chi connectivity index (χ0) is 11.0. The molecule has 0 saturated carbocycles. The summed E-state index contributed by atoms with van der Waals surface area (Å²) in [5.74, 6) is -0.316. The molecule has 1 aliphatic rings. The SMILES string of the molecule is Fc1cncc(-c2nc3c(s2)CNCC3)c1. The van der Waals surface area contributed by atoms with Crippen LogP contribution in [-0.2, 0) is 13.0 Å². The highest BCUT2D eigenvalue weighted by Gasteiger charge is 2.15. The van der Waals surface area contributed by atoms with Gasteiger partial charge in [0.2, 0.25) is 0 Å². The fourth-order valence-electron chi connectivity index (χ4n) is 1.78. The number of nitrogens with one attached hydrogen (secondary N) is 1. The predicted octanol–water partition coefficient (Wildman–Crippen LogP) is 1.99. The van der Waals surface area contributed by atoms with E-state index in [1.54, 1.807) is 17.5 Å². The number of hydrogen-bond donors (Lipinski definition) is 1. The number of halogens is 1. The summed E-state index contributed by atoms with van der Waals surface area (Å²) in [6, 6.07) is 1.48. The molecule has 0 fully saturated rings. The molecule has 0 atom stereocenters. The van der Waals surface area contributed by atoms with Gasteiger partial charge in [0.15, 0.2) is 0 Å². The summed E-state index contributed by atoms with van der Waals surface area (Å²) < 4.78 is 13.0. The van der Waals surface area contributed by atoms with Crippen molar-refractivity contribution in [2.24, 2.45) is 0 Å². The third kappa shape index (κ3) is 1.72. The molecular weight excluding hydrogens is 225 g/mol. The van der Waals surface area contributed by atoms with Crippen LogP contribution in [0.5, 0.6) is 0 Å². The van der Waals surface area contributed by atoms with Crippen molar-refractivity contribution >= 4 is 11.3 Å². The van der Waals surface area contributed by atoms with E-state index in [1.165, 1.54) is 17.1 Å². The first-order valence-electron chi connectivity index (χ1n) is 5.13. The van der Waals surface area contributed by atoms with E-state index in [0.29, 0.717) is 0 Å². The highest BCUT2D eigenvalue weighted by molar-refractivity contribution is 7.15. The molecule has 0 unspecified atom stereocenters. The van der Waals surface area contributed by atoms with E-state index in [-0.39, 0.29) is 5.82 Å². The minimum absolute atomic E-state index is 0.316. The third-order valence-corrected chi connectivity index (χ3v) is 3.70. The molecular formula is C11H10FN3S. The molecule has 2 aromatic heterocycles. The number of pyridine rings is 1. The number of fused-ring (bicyclic) bond motifs is 1. The second-order valence-corrected chi connectivity index (χ2v) is 4.79. The first-order chi connectivity index (χ1) is 7.83. The molecule has 3 nitrogen and oxygen atoms in total. The second kappa shape index (κ2) is 3.92. The van der Waals surface area contributed by atoms with Crippen molar-refractivity contribution in [1.29, 1.82) is 0 Å². The van der Waals surface area contributed by atoms with Gasteiger partial charge in [-0.15, -0.1) is 11.3 Å². The van der Waals surface area contributed by atoms with Gasteiger partial charge in [-0.1, -0.05) is 0 Å².